The van der Waals surface area contributed by atoms with Gasteiger partial charge in [0.2, 0.25) is 0 Å². The molecule has 3 nitrogen and oxygen atoms in total. The van der Waals surface area contributed by atoms with Crippen molar-refractivity contribution < 1.29 is 14.0 Å². The Labute approximate surface area is 112 Å². The number of allylic oxidation sites excluding steroid dienone is 2. The van der Waals surface area contributed by atoms with Gasteiger partial charge >= 0.3 is 0 Å². The van der Waals surface area contributed by atoms with Crippen molar-refractivity contribution in [1.29, 1.82) is 0 Å². The number of furan rings is 1. The third kappa shape index (κ3) is 1.50. The highest BCUT2D eigenvalue weighted by molar-refractivity contribution is 6.03. The molecule has 0 radical (unpaired) electrons. The molecule has 0 aliphatic heterocycles. The van der Waals surface area contributed by atoms with Crippen LogP contribution in [-0.4, -0.2) is 11.6 Å². The van der Waals surface area contributed by atoms with Gasteiger partial charge in [-0.15, -0.1) is 0 Å². The van der Waals surface area contributed by atoms with Gasteiger partial charge in [-0.25, -0.2) is 0 Å². The van der Waals surface area contributed by atoms with Crippen molar-refractivity contribution in [3.63, 3.8) is 0 Å². The maximum absolute atomic E-state index is 12.4. The molecular weight excluding hydrogens is 240 g/mol. The summed E-state index contributed by atoms with van der Waals surface area (Å²) in [5.74, 6) is 0.132. The van der Waals surface area contributed by atoms with Crippen LogP contribution < -0.4 is 0 Å². The van der Waals surface area contributed by atoms with Crippen molar-refractivity contribution in [2.75, 3.05) is 0 Å². The van der Waals surface area contributed by atoms with Crippen LogP contribution >= 0.6 is 0 Å². The van der Waals surface area contributed by atoms with Crippen LogP contribution in [0.15, 0.2) is 34.7 Å². The Kier molecular flexibility index (Phi) is 2.40. The smallest absolute Gasteiger partial charge is 0.164 e. The molecule has 19 heavy (non-hydrogen) atoms. The van der Waals surface area contributed by atoms with E-state index in [0.717, 1.165) is 17.6 Å². The van der Waals surface area contributed by atoms with Crippen LogP contribution in [-0.2, 0) is 9.59 Å². The largest absolute Gasteiger partial charge is 0.472 e. The van der Waals surface area contributed by atoms with Crippen LogP contribution in [0.3, 0.4) is 0 Å². The lowest BCUT2D eigenvalue weighted by Crippen LogP contribution is -2.41. The van der Waals surface area contributed by atoms with Crippen molar-refractivity contribution in [3.05, 3.63) is 35.8 Å². The fourth-order valence-electron chi connectivity index (χ4n) is 3.84. The average molecular weight is 258 g/mol. The first kappa shape index (κ1) is 12.4. The van der Waals surface area contributed by atoms with Gasteiger partial charge in [0, 0.05) is 22.8 Å². The van der Waals surface area contributed by atoms with Gasteiger partial charge in [-0.1, -0.05) is 6.92 Å². The molecule has 1 heterocycles. The molecule has 0 aromatic carbocycles. The molecule has 1 fully saturated rings. The SMILES string of the molecule is CC1(C)C(=O)CC[C@]2(C)C1=CC(=O)[C@H]2c1ccoc1. The van der Waals surface area contributed by atoms with Gasteiger partial charge in [0.15, 0.2) is 5.78 Å². The van der Waals surface area contributed by atoms with Crippen molar-refractivity contribution in [3.8, 4) is 0 Å². The van der Waals surface area contributed by atoms with E-state index in [0.29, 0.717) is 6.42 Å². The van der Waals surface area contributed by atoms with Gasteiger partial charge in [0.25, 0.3) is 0 Å². The molecule has 0 N–H and O–H groups in total. The molecule has 2 aliphatic rings. The first-order chi connectivity index (χ1) is 8.87. The van der Waals surface area contributed by atoms with E-state index in [9.17, 15) is 9.59 Å². The number of carbonyl (C=O) groups is 2. The molecule has 1 aromatic heterocycles. The maximum atomic E-state index is 12.4. The Morgan fingerprint density at radius 3 is 2.63 bits per heavy atom. The van der Waals surface area contributed by atoms with E-state index in [4.69, 9.17) is 4.42 Å². The topological polar surface area (TPSA) is 47.3 Å². The molecule has 0 saturated heterocycles. The summed E-state index contributed by atoms with van der Waals surface area (Å²) in [6.45, 7) is 5.98. The zero-order valence-corrected chi connectivity index (χ0v) is 11.5. The Bertz CT molecular complexity index is 577. The molecular formula is C16H18O3. The average Bonchev–Trinajstić information content (AvgIpc) is 2.92. The van der Waals surface area contributed by atoms with Gasteiger partial charge in [0.1, 0.15) is 5.78 Å². The zero-order chi connectivity index (χ0) is 13.8. The summed E-state index contributed by atoms with van der Waals surface area (Å²) in [5.41, 5.74) is 1.14. The molecule has 1 saturated carbocycles. The number of hydrogen-bond acceptors (Lipinski definition) is 3. The zero-order valence-electron chi connectivity index (χ0n) is 11.5. The molecule has 0 bridgehead atoms. The predicted molar refractivity (Wildman–Crippen MR) is 70.7 cm³/mol. The summed E-state index contributed by atoms with van der Waals surface area (Å²) < 4.78 is 5.13. The van der Waals surface area contributed by atoms with E-state index < -0.39 is 5.41 Å². The molecule has 3 heteroatoms. The van der Waals surface area contributed by atoms with Crippen LogP contribution in [0.25, 0.3) is 0 Å². The van der Waals surface area contributed by atoms with E-state index in [1.807, 2.05) is 19.9 Å². The third-order valence-corrected chi connectivity index (χ3v) is 4.94. The minimum Gasteiger partial charge on any atom is -0.472 e. The van der Waals surface area contributed by atoms with Crippen LogP contribution in [0.4, 0.5) is 0 Å². The molecule has 1 aromatic rings. The van der Waals surface area contributed by atoms with Crippen molar-refractivity contribution in [2.45, 2.75) is 39.5 Å². The molecule has 2 atom stereocenters. The number of hydrogen-bond donors (Lipinski definition) is 0. The minimum atomic E-state index is -0.527. The number of ketones is 2. The highest BCUT2D eigenvalue weighted by Gasteiger charge is 2.56. The van der Waals surface area contributed by atoms with Gasteiger partial charge in [-0.3, -0.25) is 9.59 Å². The van der Waals surface area contributed by atoms with Gasteiger partial charge in [-0.05, 0) is 38.0 Å². The first-order valence-electron chi connectivity index (χ1n) is 6.69. The van der Waals surface area contributed by atoms with Crippen molar-refractivity contribution in [1.82, 2.24) is 0 Å². The lowest BCUT2D eigenvalue weighted by Gasteiger charge is -2.44. The van der Waals surface area contributed by atoms with Gasteiger partial charge in [0.05, 0.1) is 18.4 Å². The highest BCUT2D eigenvalue weighted by Crippen LogP contribution is 2.59. The fourth-order valence-corrected chi connectivity index (χ4v) is 3.84. The normalized spacial score (nSPS) is 33.2. The Balaban J connectivity index is 2.12. The summed E-state index contributed by atoms with van der Waals surface area (Å²) >= 11 is 0. The van der Waals surface area contributed by atoms with E-state index in [-0.39, 0.29) is 22.9 Å². The second-order valence-electron chi connectivity index (χ2n) is 6.42. The standard InChI is InChI=1S/C16H18O3/c1-15(2)12-8-11(17)14(10-5-7-19-9-10)16(12,3)6-4-13(15)18/h5,7-9,14H,4,6H2,1-3H3/t14-,16-/m1/s1. The molecule has 2 aliphatic carbocycles. The quantitative estimate of drug-likeness (QED) is 0.776. The Hall–Kier alpha value is -1.64. The minimum absolute atomic E-state index is 0.0988. The summed E-state index contributed by atoms with van der Waals surface area (Å²) in [7, 11) is 0. The van der Waals surface area contributed by atoms with Crippen molar-refractivity contribution in [2.24, 2.45) is 10.8 Å². The van der Waals surface area contributed by atoms with Crippen LogP contribution in [0.1, 0.15) is 45.1 Å². The maximum Gasteiger partial charge on any atom is 0.164 e. The molecule has 100 valence electrons. The number of Topliss-reactive ketones (excluding diaryl/α,β-unsaturated/α-hetero) is 1. The summed E-state index contributed by atoms with van der Waals surface area (Å²) in [6.07, 6.45) is 6.23. The summed E-state index contributed by atoms with van der Waals surface area (Å²) in [5, 5.41) is 0. The van der Waals surface area contributed by atoms with Gasteiger partial charge in [-0.2, -0.15) is 0 Å². The second kappa shape index (κ2) is 3.69. The highest BCUT2D eigenvalue weighted by atomic mass is 16.3. The van der Waals surface area contributed by atoms with Gasteiger partial charge < -0.3 is 4.42 Å². The lowest BCUT2D eigenvalue weighted by molar-refractivity contribution is -0.129. The second-order valence-corrected chi connectivity index (χ2v) is 6.42. The van der Waals surface area contributed by atoms with Crippen molar-refractivity contribution >= 4 is 11.6 Å². The molecule has 0 spiro atoms. The first-order valence-corrected chi connectivity index (χ1v) is 6.69. The molecule has 3 rings (SSSR count). The van der Waals surface area contributed by atoms with E-state index in [1.165, 1.54) is 0 Å². The van der Waals surface area contributed by atoms with Crippen LogP contribution in [0.2, 0.25) is 0 Å². The van der Waals surface area contributed by atoms with E-state index in [1.54, 1.807) is 18.6 Å². The number of carbonyl (C=O) groups excluding carboxylic acids is 2. The van der Waals surface area contributed by atoms with E-state index in [2.05, 4.69) is 6.92 Å². The Morgan fingerprint density at radius 1 is 1.26 bits per heavy atom. The number of rotatable bonds is 1. The summed E-state index contributed by atoms with van der Waals surface area (Å²) in [4.78, 5) is 24.5. The molecule has 0 amide bonds. The summed E-state index contributed by atoms with van der Waals surface area (Å²) in [6, 6.07) is 1.86. The van der Waals surface area contributed by atoms with Crippen LogP contribution in [0, 0.1) is 10.8 Å². The monoisotopic (exact) mass is 258 g/mol. The van der Waals surface area contributed by atoms with E-state index >= 15 is 0 Å². The molecule has 0 unspecified atom stereocenters. The number of fused-ring (bicyclic) bond motifs is 1. The fraction of sp³-hybridized carbons (Fsp3) is 0.500. The predicted octanol–water partition coefficient (Wildman–Crippen LogP) is 3.27. The van der Waals surface area contributed by atoms with Crippen LogP contribution in [0.5, 0.6) is 0 Å². The Morgan fingerprint density at radius 2 is 2.00 bits per heavy atom. The third-order valence-electron chi connectivity index (χ3n) is 4.94. The lowest BCUT2D eigenvalue weighted by atomic mass is 9.57.